The van der Waals surface area contributed by atoms with Gasteiger partial charge in [0.15, 0.2) is 12.2 Å². The van der Waals surface area contributed by atoms with E-state index in [4.69, 9.17) is 37.0 Å². The van der Waals surface area contributed by atoms with Crippen LogP contribution in [0.1, 0.15) is 323 Å². The van der Waals surface area contributed by atoms with Crippen LogP contribution in [0, 0.1) is 0 Å². The fourth-order valence-corrected chi connectivity index (χ4v) is 11.6. The first-order valence-electron chi connectivity index (χ1n) is 37.8. The number of ether oxygens (including phenoxy) is 4. The van der Waals surface area contributed by atoms with Gasteiger partial charge >= 0.3 is 39.5 Å². The van der Waals surface area contributed by atoms with Gasteiger partial charge in [-0.3, -0.25) is 37.3 Å². The predicted octanol–water partition coefficient (Wildman–Crippen LogP) is 21.4. The van der Waals surface area contributed by atoms with Crippen molar-refractivity contribution < 1.29 is 80.2 Å². The summed E-state index contributed by atoms with van der Waals surface area (Å²) in [5, 5.41) is 10.6. The molecule has 5 unspecified atom stereocenters. The van der Waals surface area contributed by atoms with Gasteiger partial charge < -0.3 is 33.8 Å². The minimum absolute atomic E-state index is 0.0701. The molecule has 3 N–H and O–H groups in total. The first-order valence-corrected chi connectivity index (χ1v) is 40.8. The lowest BCUT2D eigenvalue weighted by molar-refractivity contribution is -0.161. The largest absolute Gasteiger partial charge is 0.472 e. The Hall–Kier alpha value is -3.76. The predicted molar refractivity (Wildman–Crippen MR) is 390 cm³/mol. The lowest BCUT2D eigenvalue weighted by Gasteiger charge is -2.21. The molecule has 0 rings (SSSR count). The molecule has 0 radical (unpaired) electrons. The fourth-order valence-electron chi connectivity index (χ4n) is 10.1. The Bertz CT molecular complexity index is 2160. The average Bonchev–Trinajstić information content (AvgIpc) is 1.14. The highest BCUT2D eigenvalue weighted by Crippen LogP contribution is 2.45. The molecule has 0 aliphatic carbocycles. The number of aliphatic hydroxyl groups excluding tert-OH is 1. The number of esters is 4. The van der Waals surface area contributed by atoms with E-state index in [0.717, 1.165) is 148 Å². The molecule has 0 saturated carbocycles. The maximum Gasteiger partial charge on any atom is 0.472 e. The van der Waals surface area contributed by atoms with Crippen LogP contribution in [-0.4, -0.2) is 96.7 Å². The number of unbranched alkanes of at least 4 members (excludes halogenated alkanes) is 31. The van der Waals surface area contributed by atoms with Crippen LogP contribution in [0.4, 0.5) is 0 Å². The number of phosphoric ester groups is 2. The zero-order chi connectivity index (χ0) is 70.4. The van der Waals surface area contributed by atoms with E-state index < -0.39 is 97.5 Å². The van der Waals surface area contributed by atoms with E-state index in [9.17, 15) is 43.2 Å². The molecule has 0 aliphatic rings. The molecule has 0 aliphatic heterocycles. The van der Waals surface area contributed by atoms with Crippen molar-refractivity contribution in [1.82, 2.24) is 0 Å². The number of hydrogen-bond acceptors (Lipinski definition) is 15. The van der Waals surface area contributed by atoms with Gasteiger partial charge in [0.25, 0.3) is 0 Å². The minimum Gasteiger partial charge on any atom is -0.462 e. The third-order valence-electron chi connectivity index (χ3n) is 15.8. The molecule has 0 aromatic heterocycles. The normalized spacial score (nSPS) is 14.4. The van der Waals surface area contributed by atoms with Crippen LogP contribution in [0.25, 0.3) is 0 Å². The average molecular weight is 1400 g/mol. The third kappa shape index (κ3) is 68.8. The van der Waals surface area contributed by atoms with Crippen molar-refractivity contribution in [2.45, 2.75) is 341 Å². The minimum atomic E-state index is -4.98. The van der Waals surface area contributed by atoms with Crippen molar-refractivity contribution in [2.24, 2.45) is 0 Å². The van der Waals surface area contributed by atoms with Gasteiger partial charge in [0, 0.05) is 25.7 Å². The molecule has 0 heterocycles. The van der Waals surface area contributed by atoms with Crippen LogP contribution in [0.15, 0.2) is 85.1 Å². The second-order valence-corrected chi connectivity index (χ2v) is 28.1. The zero-order valence-corrected chi connectivity index (χ0v) is 62.3. The summed E-state index contributed by atoms with van der Waals surface area (Å²) in [6, 6.07) is 0. The van der Waals surface area contributed by atoms with Gasteiger partial charge in [-0.25, -0.2) is 9.13 Å². The molecule has 0 fully saturated rings. The van der Waals surface area contributed by atoms with Crippen molar-refractivity contribution in [3.63, 3.8) is 0 Å². The van der Waals surface area contributed by atoms with Crippen molar-refractivity contribution in [1.29, 1.82) is 0 Å². The summed E-state index contributed by atoms with van der Waals surface area (Å²) < 4.78 is 68.4. The standard InChI is InChI=1S/C77H136O17P2/c1-5-9-13-17-21-25-29-33-35-39-41-45-49-53-57-61-74(79)87-67-72(93-76(81)63-59-55-51-47-43-37-31-27-23-19-15-11-7-3)69-91-95(83,84)89-65-71(78)66-90-96(85,86)92-70-73(94-77(82)64-60-56-52-48-44-38-32-28-24-20-16-12-8-4)68-88-75(80)62-58-54-50-46-42-40-36-34-30-26-22-18-14-10-6-2/h9,13,15,19,21,25,27-28,31-33,35,41,45,71-73,78H,5-8,10-12,14,16-18,20,22-24,26,29-30,34,36-40,42-44,46-70H2,1-4H3,(H,83,84)(H,85,86)/b13-9-,19-15-,25-21-,31-27-,32-28-,35-33-,45-41-. The van der Waals surface area contributed by atoms with E-state index in [1.54, 1.807) is 0 Å². The Labute approximate surface area is 583 Å². The lowest BCUT2D eigenvalue weighted by Crippen LogP contribution is -2.30. The summed E-state index contributed by atoms with van der Waals surface area (Å²) >= 11 is 0. The second-order valence-electron chi connectivity index (χ2n) is 25.2. The highest BCUT2D eigenvalue weighted by Gasteiger charge is 2.30. The van der Waals surface area contributed by atoms with Gasteiger partial charge in [-0.05, 0) is 116 Å². The number of phosphoric acid groups is 2. The van der Waals surface area contributed by atoms with Crippen LogP contribution in [-0.2, 0) is 65.4 Å². The molecule has 0 bridgehead atoms. The summed E-state index contributed by atoms with van der Waals surface area (Å²) in [5.41, 5.74) is 0. The monoisotopic (exact) mass is 1390 g/mol. The topological polar surface area (TPSA) is 237 Å². The maximum atomic E-state index is 13.1. The first-order chi connectivity index (χ1) is 46.7. The van der Waals surface area contributed by atoms with Crippen LogP contribution < -0.4 is 0 Å². The van der Waals surface area contributed by atoms with E-state index >= 15 is 0 Å². The zero-order valence-electron chi connectivity index (χ0n) is 60.5. The van der Waals surface area contributed by atoms with Gasteiger partial charge in [0.2, 0.25) is 0 Å². The van der Waals surface area contributed by atoms with Gasteiger partial charge in [0.05, 0.1) is 26.4 Å². The quantitative estimate of drug-likeness (QED) is 0.0169. The molecular weight excluding hydrogens is 1260 g/mol. The summed E-state index contributed by atoms with van der Waals surface area (Å²) in [4.78, 5) is 72.8. The smallest absolute Gasteiger partial charge is 0.462 e. The fraction of sp³-hybridized carbons (Fsp3) is 0.766. The molecule has 5 atom stereocenters. The second kappa shape index (κ2) is 69.7. The molecule has 0 aromatic carbocycles. The van der Waals surface area contributed by atoms with Gasteiger partial charge in [-0.15, -0.1) is 0 Å². The van der Waals surface area contributed by atoms with Crippen LogP contribution >= 0.6 is 15.6 Å². The summed E-state index contributed by atoms with van der Waals surface area (Å²) in [7, 11) is -9.95. The van der Waals surface area contributed by atoms with E-state index in [2.05, 4.69) is 113 Å². The summed E-state index contributed by atoms with van der Waals surface area (Å²) in [6.07, 6.45) is 70.1. The molecule has 0 amide bonds. The molecule has 19 heteroatoms. The third-order valence-corrected chi connectivity index (χ3v) is 17.7. The van der Waals surface area contributed by atoms with Crippen molar-refractivity contribution >= 4 is 39.5 Å². The number of allylic oxidation sites excluding steroid dienone is 14. The Kier molecular flexibility index (Phi) is 67.0. The number of aliphatic hydroxyl groups is 1. The SMILES string of the molecule is CC/C=C\C/C=C\C/C=C\C/C=C\CCCCC(=O)OCC(COP(=O)(O)OCC(O)COP(=O)(O)OCC(COC(=O)CCCCCCCCCCCCCCCCC)OC(=O)CCCCCCC/C=C\CCCCCC)OC(=O)CCCCCCC/C=C\C/C=C\CCC. The van der Waals surface area contributed by atoms with E-state index in [0.29, 0.717) is 25.7 Å². The molecular formula is C77H136O17P2. The first kappa shape index (κ1) is 92.2. The molecule has 96 heavy (non-hydrogen) atoms. The number of carbonyl (C=O) groups is 4. The molecule has 0 spiro atoms. The molecule has 556 valence electrons. The number of rotatable bonds is 71. The number of hydrogen-bond donors (Lipinski definition) is 3. The van der Waals surface area contributed by atoms with Crippen molar-refractivity contribution in [3.05, 3.63) is 85.1 Å². The van der Waals surface area contributed by atoms with E-state index in [1.807, 2.05) is 0 Å². The maximum absolute atomic E-state index is 13.1. The van der Waals surface area contributed by atoms with E-state index in [1.165, 1.54) is 96.3 Å². The van der Waals surface area contributed by atoms with Crippen LogP contribution in [0.5, 0.6) is 0 Å². The van der Waals surface area contributed by atoms with Gasteiger partial charge in [0.1, 0.15) is 19.3 Å². The Balaban J connectivity index is 5.36. The van der Waals surface area contributed by atoms with Gasteiger partial charge in [-0.1, -0.05) is 267 Å². The Morgan fingerprint density at radius 2 is 0.562 bits per heavy atom. The van der Waals surface area contributed by atoms with Crippen molar-refractivity contribution in [3.8, 4) is 0 Å². The van der Waals surface area contributed by atoms with Crippen molar-refractivity contribution in [2.75, 3.05) is 39.6 Å². The summed E-state index contributed by atoms with van der Waals surface area (Å²) in [6.45, 7) is 4.64. The van der Waals surface area contributed by atoms with Crippen LogP contribution in [0.2, 0.25) is 0 Å². The Morgan fingerprint density at radius 3 is 0.917 bits per heavy atom. The van der Waals surface area contributed by atoms with E-state index in [-0.39, 0.29) is 25.7 Å². The Morgan fingerprint density at radius 1 is 0.302 bits per heavy atom. The van der Waals surface area contributed by atoms with Gasteiger partial charge in [-0.2, -0.15) is 0 Å². The number of carbonyl (C=O) groups excluding carboxylic acids is 4. The molecule has 0 aromatic rings. The molecule has 0 saturated heterocycles. The summed E-state index contributed by atoms with van der Waals surface area (Å²) in [5.74, 6) is -2.23. The highest BCUT2D eigenvalue weighted by atomic mass is 31.2. The van der Waals surface area contributed by atoms with Crippen LogP contribution in [0.3, 0.4) is 0 Å². The lowest BCUT2D eigenvalue weighted by atomic mass is 10.0. The highest BCUT2D eigenvalue weighted by molar-refractivity contribution is 7.47. The molecule has 17 nitrogen and oxygen atoms in total.